The second-order valence-electron chi connectivity index (χ2n) is 6.64. The molecule has 1 aromatic heterocycles. The minimum Gasteiger partial charge on any atom is -0.478 e. The summed E-state index contributed by atoms with van der Waals surface area (Å²) in [5.41, 5.74) is 5.79. The summed E-state index contributed by atoms with van der Waals surface area (Å²) in [6, 6.07) is 5.89. The number of likely N-dealkylation sites (tertiary alicyclic amines) is 1. The number of rotatable bonds is 6. The van der Waals surface area contributed by atoms with Crippen LogP contribution in [0.5, 0.6) is 11.5 Å². The molecule has 12 heteroatoms. The van der Waals surface area contributed by atoms with Gasteiger partial charge in [-0.2, -0.15) is 0 Å². The van der Waals surface area contributed by atoms with Gasteiger partial charge in [-0.15, -0.1) is 13.2 Å². The van der Waals surface area contributed by atoms with E-state index in [2.05, 4.69) is 9.72 Å². The van der Waals surface area contributed by atoms with Gasteiger partial charge in [0.25, 0.3) is 0 Å². The number of halogens is 5. The third kappa shape index (κ3) is 5.74. The first-order valence-corrected chi connectivity index (χ1v) is 8.74. The molecule has 7 nitrogen and oxygen atoms in total. The van der Waals surface area contributed by atoms with E-state index in [1.807, 2.05) is 0 Å². The topological polar surface area (TPSA) is 97.9 Å². The van der Waals surface area contributed by atoms with Crippen LogP contribution < -0.4 is 15.2 Å². The van der Waals surface area contributed by atoms with E-state index in [0.29, 0.717) is 5.56 Å². The average Bonchev–Trinajstić information content (AvgIpc) is 2.95. The molecule has 166 valence electrons. The van der Waals surface area contributed by atoms with Crippen molar-refractivity contribution < 1.29 is 41.3 Å². The Morgan fingerprint density at radius 2 is 1.97 bits per heavy atom. The van der Waals surface area contributed by atoms with Crippen molar-refractivity contribution in [2.45, 2.75) is 18.4 Å². The minimum absolute atomic E-state index is 0.226. The van der Waals surface area contributed by atoms with Gasteiger partial charge >= 0.3 is 18.3 Å². The van der Waals surface area contributed by atoms with Gasteiger partial charge in [0.1, 0.15) is 5.75 Å². The van der Waals surface area contributed by atoms with Crippen molar-refractivity contribution in [3.05, 3.63) is 53.9 Å². The number of carboxylic acid groups (broad SMARTS) is 1. The van der Waals surface area contributed by atoms with Gasteiger partial charge in [-0.1, -0.05) is 12.1 Å². The van der Waals surface area contributed by atoms with Gasteiger partial charge in [0.15, 0.2) is 17.7 Å². The van der Waals surface area contributed by atoms with E-state index in [1.165, 1.54) is 29.3 Å². The normalized spacial score (nSPS) is 18.4. The van der Waals surface area contributed by atoms with Crippen molar-refractivity contribution in [1.82, 2.24) is 9.88 Å². The molecule has 3 rings (SSSR count). The molecule has 1 saturated heterocycles. The fraction of sp³-hybridized carbons (Fsp3) is 0.263. The maximum absolute atomic E-state index is 14.4. The molecule has 0 amide bonds. The quantitative estimate of drug-likeness (QED) is 0.656. The summed E-state index contributed by atoms with van der Waals surface area (Å²) in [5.74, 6) is -5.49. The first-order valence-electron chi connectivity index (χ1n) is 8.74. The number of hydrogen-bond acceptors (Lipinski definition) is 6. The van der Waals surface area contributed by atoms with E-state index >= 15 is 0 Å². The number of alkyl halides is 5. The standard InChI is InChI=1S/C19H16F5N3O4/c20-18(21)10-27(6-5-11-1-3-13(4-2-11)31-19(22,23)24)9-15(18)30-14-7-12(17(28)29)8-26-16(14)25/h1-8,15H,9-10H2,(H2,25,26)(H,28,29). The Morgan fingerprint density at radius 1 is 1.29 bits per heavy atom. The summed E-state index contributed by atoms with van der Waals surface area (Å²) in [5, 5.41) is 8.99. The van der Waals surface area contributed by atoms with Crippen LogP contribution in [-0.4, -0.2) is 52.4 Å². The zero-order valence-electron chi connectivity index (χ0n) is 15.6. The Labute approximate surface area is 172 Å². The molecule has 1 atom stereocenters. The van der Waals surface area contributed by atoms with Crippen molar-refractivity contribution in [3.8, 4) is 11.5 Å². The molecule has 1 unspecified atom stereocenters. The molecule has 1 aliphatic rings. The number of nitrogens with zero attached hydrogens (tertiary/aromatic N) is 2. The van der Waals surface area contributed by atoms with E-state index in [-0.39, 0.29) is 23.7 Å². The zero-order chi connectivity index (χ0) is 22.8. The van der Waals surface area contributed by atoms with Gasteiger partial charge in [0, 0.05) is 18.5 Å². The average molecular weight is 445 g/mol. The van der Waals surface area contributed by atoms with Gasteiger partial charge in [-0.25, -0.2) is 18.6 Å². The number of benzene rings is 1. The number of aromatic carboxylic acids is 1. The smallest absolute Gasteiger partial charge is 0.478 e. The highest BCUT2D eigenvalue weighted by atomic mass is 19.4. The van der Waals surface area contributed by atoms with Crippen molar-refractivity contribution in [2.75, 3.05) is 18.8 Å². The molecule has 1 aromatic carbocycles. The molecule has 1 fully saturated rings. The van der Waals surface area contributed by atoms with E-state index in [0.717, 1.165) is 24.4 Å². The van der Waals surface area contributed by atoms with Crippen LogP contribution in [0.1, 0.15) is 15.9 Å². The lowest BCUT2D eigenvalue weighted by Gasteiger charge is -2.19. The number of carbonyl (C=O) groups is 1. The van der Waals surface area contributed by atoms with Crippen LogP contribution in [0.25, 0.3) is 6.08 Å². The Morgan fingerprint density at radius 3 is 2.58 bits per heavy atom. The maximum Gasteiger partial charge on any atom is 0.573 e. The van der Waals surface area contributed by atoms with E-state index in [9.17, 15) is 26.7 Å². The number of pyridine rings is 1. The third-order valence-electron chi connectivity index (χ3n) is 4.27. The van der Waals surface area contributed by atoms with Crippen LogP contribution >= 0.6 is 0 Å². The molecule has 0 aliphatic carbocycles. The zero-order valence-corrected chi connectivity index (χ0v) is 15.6. The molecule has 0 spiro atoms. The van der Waals surface area contributed by atoms with Crippen molar-refractivity contribution in [2.24, 2.45) is 0 Å². The van der Waals surface area contributed by atoms with Crippen LogP contribution in [-0.2, 0) is 0 Å². The number of aromatic nitrogens is 1. The number of hydrogen-bond donors (Lipinski definition) is 2. The molecule has 3 N–H and O–H groups in total. The molecule has 0 saturated carbocycles. The maximum atomic E-state index is 14.4. The molecule has 31 heavy (non-hydrogen) atoms. The monoisotopic (exact) mass is 445 g/mol. The van der Waals surface area contributed by atoms with Gasteiger partial charge in [-0.3, -0.25) is 0 Å². The van der Waals surface area contributed by atoms with Gasteiger partial charge < -0.3 is 25.2 Å². The van der Waals surface area contributed by atoms with Crippen LogP contribution in [0.3, 0.4) is 0 Å². The van der Waals surface area contributed by atoms with Gasteiger partial charge in [0.2, 0.25) is 0 Å². The van der Waals surface area contributed by atoms with E-state index in [1.54, 1.807) is 0 Å². The lowest BCUT2D eigenvalue weighted by atomic mass is 10.2. The number of nitrogen functional groups attached to an aromatic ring is 1. The second kappa shape index (κ2) is 8.28. The summed E-state index contributed by atoms with van der Waals surface area (Å²) >= 11 is 0. The Bertz CT molecular complexity index is 979. The summed E-state index contributed by atoms with van der Waals surface area (Å²) in [6.07, 6.45) is -2.65. The minimum atomic E-state index is -4.81. The van der Waals surface area contributed by atoms with Crippen LogP contribution in [0.4, 0.5) is 27.8 Å². The molecule has 0 radical (unpaired) electrons. The first-order chi connectivity index (χ1) is 14.4. The SMILES string of the molecule is Nc1ncc(C(=O)O)cc1OC1CN(C=Cc2ccc(OC(F)(F)F)cc2)CC1(F)F. The van der Waals surface area contributed by atoms with Crippen molar-refractivity contribution in [1.29, 1.82) is 0 Å². The number of ether oxygens (including phenoxy) is 2. The van der Waals surface area contributed by atoms with E-state index in [4.69, 9.17) is 15.6 Å². The molecule has 0 bridgehead atoms. The lowest BCUT2D eigenvalue weighted by molar-refractivity contribution is -0.274. The number of nitrogens with two attached hydrogens (primary N) is 1. The predicted molar refractivity (Wildman–Crippen MR) is 98.7 cm³/mol. The fourth-order valence-corrected chi connectivity index (χ4v) is 2.81. The molecule has 2 aromatic rings. The summed E-state index contributed by atoms with van der Waals surface area (Å²) in [6.45, 7) is -0.926. The first kappa shape index (κ1) is 22.1. The van der Waals surface area contributed by atoms with Crippen LogP contribution in [0, 0.1) is 0 Å². The Hall–Kier alpha value is -3.57. The Balaban J connectivity index is 1.67. The largest absolute Gasteiger partial charge is 0.573 e. The predicted octanol–water partition coefficient (Wildman–Crippen LogP) is 3.63. The number of carboxylic acids is 1. The van der Waals surface area contributed by atoms with E-state index < -0.39 is 36.7 Å². The third-order valence-corrected chi connectivity index (χ3v) is 4.27. The molecular formula is C19H16F5N3O4. The summed E-state index contributed by atoms with van der Waals surface area (Å²) < 4.78 is 74.3. The molecule has 2 heterocycles. The van der Waals surface area contributed by atoms with Crippen LogP contribution in [0.2, 0.25) is 0 Å². The lowest BCUT2D eigenvalue weighted by Crippen LogP contribution is -2.36. The highest BCUT2D eigenvalue weighted by Gasteiger charge is 2.49. The molecule has 1 aliphatic heterocycles. The highest BCUT2D eigenvalue weighted by molar-refractivity contribution is 5.88. The fourth-order valence-electron chi connectivity index (χ4n) is 2.81. The summed E-state index contributed by atoms with van der Waals surface area (Å²) in [4.78, 5) is 15.9. The second-order valence-corrected chi connectivity index (χ2v) is 6.64. The van der Waals surface area contributed by atoms with Crippen LogP contribution in [0.15, 0.2) is 42.7 Å². The van der Waals surface area contributed by atoms with Gasteiger partial charge in [-0.05, 0) is 23.8 Å². The summed E-state index contributed by atoms with van der Waals surface area (Å²) in [7, 11) is 0. The van der Waals surface area contributed by atoms with Gasteiger partial charge in [0.05, 0.1) is 18.7 Å². The Kier molecular flexibility index (Phi) is 5.91. The van der Waals surface area contributed by atoms with Crippen molar-refractivity contribution >= 4 is 17.9 Å². The number of anilines is 1. The molecular weight excluding hydrogens is 429 g/mol. The highest BCUT2D eigenvalue weighted by Crippen LogP contribution is 2.33. The van der Waals surface area contributed by atoms with Crippen molar-refractivity contribution in [3.63, 3.8) is 0 Å².